The van der Waals surface area contributed by atoms with E-state index in [0.29, 0.717) is 15.6 Å². The van der Waals surface area contributed by atoms with Crippen LogP contribution in [0, 0.1) is 11.3 Å². The number of halogens is 2. The molecule has 0 radical (unpaired) electrons. The van der Waals surface area contributed by atoms with Crippen LogP contribution >= 0.6 is 27.5 Å². The van der Waals surface area contributed by atoms with Gasteiger partial charge in [0.05, 0.1) is 12.0 Å². The zero-order valence-electron chi connectivity index (χ0n) is 7.63. The van der Waals surface area contributed by atoms with Crippen molar-refractivity contribution in [1.29, 1.82) is 5.26 Å². The van der Waals surface area contributed by atoms with E-state index in [9.17, 15) is 4.79 Å². The zero-order chi connectivity index (χ0) is 11.4. The summed E-state index contributed by atoms with van der Waals surface area (Å²) in [5, 5.41) is 17.5. The summed E-state index contributed by atoms with van der Waals surface area (Å²) in [5.74, 6) is -0.680. The Morgan fingerprint density at radius 2 is 2.27 bits per heavy atom. The number of carboxylic acids is 1. The standard InChI is InChI=1S/C10H7BrClNO2/c11-10-7(3-9(14)15)1-6(4-12)2-8(10)5-13/h1-2H,3-4H2,(H,14,15). The van der Waals surface area contributed by atoms with Gasteiger partial charge in [0.25, 0.3) is 0 Å². The molecular formula is C10H7BrClNO2. The Kier molecular flexibility index (Phi) is 4.13. The van der Waals surface area contributed by atoms with Gasteiger partial charge >= 0.3 is 5.97 Å². The van der Waals surface area contributed by atoms with E-state index in [-0.39, 0.29) is 12.3 Å². The number of benzene rings is 1. The van der Waals surface area contributed by atoms with Crippen molar-refractivity contribution >= 4 is 33.5 Å². The van der Waals surface area contributed by atoms with E-state index in [2.05, 4.69) is 15.9 Å². The largest absolute Gasteiger partial charge is 0.481 e. The van der Waals surface area contributed by atoms with Crippen molar-refractivity contribution in [2.45, 2.75) is 12.3 Å². The van der Waals surface area contributed by atoms with E-state index < -0.39 is 5.97 Å². The average Bonchev–Trinajstić information content (AvgIpc) is 2.20. The molecule has 0 fully saturated rings. The third-order valence-electron chi connectivity index (χ3n) is 1.82. The SMILES string of the molecule is N#Cc1cc(CCl)cc(CC(=O)O)c1Br. The van der Waals surface area contributed by atoms with Gasteiger partial charge in [0.2, 0.25) is 0 Å². The number of hydrogen-bond acceptors (Lipinski definition) is 2. The first-order valence-electron chi connectivity index (χ1n) is 4.07. The van der Waals surface area contributed by atoms with Gasteiger partial charge in [-0.3, -0.25) is 4.79 Å². The lowest BCUT2D eigenvalue weighted by molar-refractivity contribution is -0.136. The summed E-state index contributed by atoms with van der Waals surface area (Å²) in [6.45, 7) is 0. The third kappa shape index (κ3) is 2.95. The van der Waals surface area contributed by atoms with E-state index in [1.165, 1.54) is 0 Å². The van der Waals surface area contributed by atoms with Gasteiger partial charge in [-0.25, -0.2) is 0 Å². The highest BCUT2D eigenvalue weighted by molar-refractivity contribution is 9.10. The van der Waals surface area contributed by atoms with Crippen LogP contribution in [-0.4, -0.2) is 11.1 Å². The lowest BCUT2D eigenvalue weighted by atomic mass is 10.0. The maximum absolute atomic E-state index is 10.6. The van der Waals surface area contributed by atoms with E-state index in [4.69, 9.17) is 22.0 Å². The molecule has 0 saturated heterocycles. The molecule has 0 aliphatic rings. The number of hydrogen-bond donors (Lipinski definition) is 1. The lowest BCUT2D eigenvalue weighted by Gasteiger charge is -2.06. The number of carboxylic acid groups (broad SMARTS) is 1. The number of rotatable bonds is 3. The quantitative estimate of drug-likeness (QED) is 0.870. The molecule has 3 nitrogen and oxygen atoms in total. The first-order chi connectivity index (χ1) is 7.08. The van der Waals surface area contributed by atoms with Crippen molar-refractivity contribution in [2.75, 3.05) is 0 Å². The molecule has 0 amide bonds. The molecule has 0 aromatic heterocycles. The summed E-state index contributed by atoms with van der Waals surface area (Å²) in [6, 6.07) is 5.31. The van der Waals surface area contributed by atoms with Gasteiger partial charge in [-0.15, -0.1) is 11.6 Å². The van der Waals surface area contributed by atoms with Crippen LogP contribution in [0.3, 0.4) is 0 Å². The molecule has 0 heterocycles. The van der Waals surface area contributed by atoms with Crippen LogP contribution in [0.25, 0.3) is 0 Å². The predicted octanol–water partition coefficient (Wildman–Crippen LogP) is 2.69. The molecule has 1 aromatic rings. The Hall–Kier alpha value is -1.05. The van der Waals surface area contributed by atoms with E-state index in [1.54, 1.807) is 12.1 Å². The van der Waals surface area contributed by atoms with E-state index >= 15 is 0 Å². The highest BCUT2D eigenvalue weighted by atomic mass is 79.9. The fraction of sp³-hybridized carbons (Fsp3) is 0.200. The molecular weight excluding hydrogens is 281 g/mol. The van der Waals surface area contributed by atoms with E-state index in [0.717, 1.165) is 5.56 Å². The second-order valence-corrected chi connectivity index (χ2v) is 3.99. The second-order valence-electron chi connectivity index (χ2n) is 2.93. The van der Waals surface area contributed by atoms with Gasteiger partial charge in [-0.2, -0.15) is 5.26 Å². The number of carbonyl (C=O) groups is 1. The monoisotopic (exact) mass is 287 g/mol. The number of aliphatic carboxylic acids is 1. The summed E-state index contributed by atoms with van der Waals surface area (Å²) in [5.41, 5.74) is 1.72. The number of alkyl halides is 1. The minimum atomic E-state index is -0.939. The highest BCUT2D eigenvalue weighted by Gasteiger charge is 2.10. The summed E-state index contributed by atoms with van der Waals surface area (Å²) >= 11 is 8.85. The van der Waals surface area contributed by atoms with Crippen LogP contribution in [-0.2, 0) is 17.1 Å². The molecule has 1 N–H and O–H groups in total. The summed E-state index contributed by atoms with van der Waals surface area (Å²) in [6.07, 6.45) is -0.125. The van der Waals surface area contributed by atoms with Gasteiger partial charge in [-0.1, -0.05) is 6.07 Å². The number of nitrogens with zero attached hydrogens (tertiary/aromatic N) is 1. The van der Waals surface area contributed by atoms with Crippen molar-refractivity contribution in [1.82, 2.24) is 0 Å². The van der Waals surface area contributed by atoms with Crippen molar-refractivity contribution in [2.24, 2.45) is 0 Å². The summed E-state index contributed by atoms with van der Waals surface area (Å²) in [4.78, 5) is 10.6. The van der Waals surface area contributed by atoms with Crippen LogP contribution in [0.2, 0.25) is 0 Å². The van der Waals surface area contributed by atoms with Crippen LogP contribution in [0.15, 0.2) is 16.6 Å². The Bertz CT molecular complexity index is 440. The average molecular weight is 289 g/mol. The Labute approximate surface area is 100 Å². The van der Waals surface area contributed by atoms with Crippen molar-refractivity contribution < 1.29 is 9.90 Å². The van der Waals surface area contributed by atoms with Crippen LogP contribution in [0.1, 0.15) is 16.7 Å². The molecule has 15 heavy (non-hydrogen) atoms. The molecule has 1 aromatic carbocycles. The fourth-order valence-corrected chi connectivity index (χ4v) is 1.81. The van der Waals surface area contributed by atoms with Crippen molar-refractivity contribution in [3.8, 4) is 6.07 Å². The smallest absolute Gasteiger partial charge is 0.307 e. The molecule has 0 bridgehead atoms. The molecule has 0 aliphatic heterocycles. The van der Waals surface area contributed by atoms with E-state index in [1.807, 2.05) is 6.07 Å². The van der Waals surface area contributed by atoms with Gasteiger partial charge in [0.1, 0.15) is 6.07 Å². The number of nitriles is 1. The fourth-order valence-electron chi connectivity index (χ4n) is 1.20. The second kappa shape index (κ2) is 5.15. The zero-order valence-corrected chi connectivity index (χ0v) is 9.97. The Balaban J connectivity index is 3.25. The highest BCUT2D eigenvalue weighted by Crippen LogP contribution is 2.24. The van der Waals surface area contributed by atoms with Gasteiger partial charge < -0.3 is 5.11 Å². The Morgan fingerprint density at radius 3 is 2.73 bits per heavy atom. The normalized spacial score (nSPS) is 9.67. The molecule has 78 valence electrons. The van der Waals surface area contributed by atoms with Gasteiger partial charge in [0, 0.05) is 10.4 Å². The first-order valence-corrected chi connectivity index (χ1v) is 5.40. The maximum Gasteiger partial charge on any atom is 0.307 e. The van der Waals surface area contributed by atoms with Gasteiger partial charge in [-0.05, 0) is 33.1 Å². The summed E-state index contributed by atoms with van der Waals surface area (Å²) in [7, 11) is 0. The molecule has 1 rings (SSSR count). The minimum Gasteiger partial charge on any atom is -0.481 e. The molecule has 0 unspecified atom stereocenters. The van der Waals surface area contributed by atoms with Crippen LogP contribution in [0.4, 0.5) is 0 Å². The van der Waals surface area contributed by atoms with Crippen molar-refractivity contribution in [3.63, 3.8) is 0 Å². The molecule has 0 atom stereocenters. The van der Waals surface area contributed by atoms with Crippen LogP contribution in [0.5, 0.6) is 0 Å². The Morgan fingerprint density at radius 1 is 1.60 bits per heavy atom. The van der Waals surface area contributed by atoms with Crippen LogP contribution < -0.4 is 0 Å². The molecule has 0 aliphatic carbocycles. The third-order valence-corrected chi connectivity index (χ3v) is 3.07. The maximum atomic E-state index is 10.6. The van der Waals surface area contributed by atoms with Gasteiger partial charge in [0.15, 0.2) is 0 Å². The molecule has 0 saturated carbocycles. The first kappa shape index (κ1) is 12.0. The topological polar surface area (TPSA) is 61.1 Å². The minimum absolute atomic E-state index is 0.125. The predicted molar refractivity (Wildman–Crippen MR) is 59.8 cm³/mol. The molecule has 0 spiro atoms. The lowest BCUT2D eigenvalue weighted by Crippen LogP contribution is -2.02. The van der Waals surface area contributed by atoms with Crippen molar-refractivity contribution in [3.05, 3.63) is 33.3 Å². The molecule has 5 heteroatoms. The summed E-state index contributed by atoms with van der Waals surface area (Å²) < 4.78 is 0.529.